The Labute approximate surface area is 374 Å². The quantitative estimate of drug-likeness (QED) is 0.0358. The third-order valence-electron chi connectivity index (χ3n) is 12.3. The Morgan fingerprint density at radius 3 is 1.13 bits per heavy atom. The number of carbonyl (C=O) groups excluding carboxylic acids is 1. The molecule has 0 aliphatic rings. The van der Waals surface area contributed by atoms with Crippen LogP contribution in [0.15, 0.2) is 0 Å². The van der Waals surface area contributed by atoms with Crippen LogP contribution >= 0.6 is 7.82 Å². The van der Waals surface area contributed by atoms with Gasteiger partial charge in [0, 0.05) is 6.42 Å². The second-order valence-corrected chi connectivity index (χ2v) is 21.0. The van der Waals surface area contributed by atoms with Gasteiger partial charge in [-0.15, -0.1) is 0 Å². The molecule has 9 heteroatoms. The smallest absolute Gasteiger partial charge is 0.268 e. The maximum atomic E-state index is 12.9. The summed E-state index contributed by atoms with van der Waals surface area (Å²) >= 11 is 0. The van der Waals surface area contributed by atoms with Gasteiger partial charge in [-0.3, -0.25) is 9.36 Å². The number of quaternary nitrogens is 1. The molecule has 0 saturated heterocycles. The van der Waals surface area contributed by atoms with Gasteiger partial charge in [-0.1, -0.05) is 251 Å². The van der Waals surface area contributed by atoms with E-state index in [4.69, 9.17) is 9.05 Å². The lowest BCUT2D eigenvalue weighted by Gasteiger charge is -2.30. The van der Waals surface area contributed by atoms with Gasteiger partial charge in [0.05, 0.1) is 39.9 Å². The highest BCUT2D eigenvalue weighted by Gasteiger charge is 2.24. The van der Waals surface area contributed by atoms with Crippen molar-refractivity contribution >= 4 is 13.7 Å². The minimum atomic E-state index is -4.56. The van der Waals surface area contributed by atoms with Gasteiger partial charge >= 0.3 is 0 Å². The monoisotopic (exact) mass is 873 g/mol. The molecule has 0 bridgehead atoms. The van der Waals surface area contributed by atoms with Crippen LogP contribution in [0.3, 0.4) is 0 Å². The van der Waals surface area contributed by atoms with Crippen LogP contribution in [0, 0.1) is 0 Å². The van der Waals surface area contributed by atoms with Crippen molar-refractivity contribution < 1.29 is 32.9 Å². The van der Waals surface area contributed by atoms with Crippen LogP contribution in [-0.4, -0.2) is 68.5 Å². The summed E-state index contributed by atoms with van der Waals surface area (Å²) in [4.78, 5) is 25.4. The van der Waals surface area contributed by atoms with E-state index in [1.54, 1.807) is 0 Å². The predicted octanol–water partition coefficient (Wildman–Crippen LogP) is 14.7. The number of likely N-dealkylation sites (N-methyl/N-ethyl adjacent to an activating group) is 1. The van der Waals surface area contributed by atoms with Crippen LogP contribution in [0.5, 0.6) is 0 Å². The number of hydrogen-bond donors (Lipinski definition) is 2. The van der Waals surface area contributed by atoms with Crippen molar-refractivity contribution in [1.82, 2.24) is 5.32 Å². The molecule has 2 N–H and O–H groups in total. The SMILES string of the molecule is CCCCCCCCCCCCCCCCCCCCCCCCCCCC(=O)N[C@@H](COP(=O)([O-])OCC[N+](C)(C)C)[C@H](O)CCCCCCCCCCCCCCC. The number of phosphoric acid groups is 1. The molecule has 1 amide bonds. The van der Waals surface area contributed by atoms with Crippen molar-refractivity contribution in [3.8, 4) is 0 Å². The van der Waals surface area contributed by atoms with Crippen molar-refractivity contribution in [2.24, 2.45) is 0 Å². The fourth-order valence-electron chi connectivity index (χ4n) is 8.16. The summed E-state index contributed by atoms with van der Waals surface area (Å²) in [5.41, 5.74) is 0. The topological polar surface area (TPSA) is 108 Å². The molecule has 0 saturated carbocycles. The average molecular weight is 873 g/mol. The number of hydrogen-bond acceptors (Lipinski definition) is 6. The Morgan fingerprint density at radius 1 is 0.517 bits per heavy atom. The molecule has 0 spiro atoms. The maximum absolute atomic E-state index is 12.9. The zero-order valence-corrected chi connectivity index (χ0v) is 41.8. The lowest BCUT2D eigenvalue weighted by molar-refractivity contribution is -0.870. The van der Waals surface area contributed by atoms with E-state index in [1.165, 1.54) is 205 Å². The van der Waals surface area contributed by atoms with Crippen LogP contribution in [0.4, 0.5) is 0 Å². The molecule has 0 aliphatic heterocycles. The number of phosphoric ester groups is 1. The average Bonchev–Trinajstić information content (AvgIpc) is 3.20. The number of carbonyl (C=O) groups is 1. The summed E-state index contributed by atoms with van der Waals surface area (Å²) in [5, 5.41) is 14.0. The number of rotatable bonds is 49. The number of aliphatic hydroxyl groups excluding tert-OH is 1. The molecule has 0 rings (SSSR count). The molecule has 0 heterocycles. The van der Waals surface area contributed by atoms with Crippen LogP contribution < -0.4 is 10.2 Å². The minimum Gasteiger partial charge on any atom is -0.756 e. The van der Waals surface area contributed by atoms with E-state index < -0.39 is 20.0 Å². The molecule has 0 aromatic rings. The van der Waals surface area contributed by atoms with Gasteiger partial charge < -0.3 is 28.8 Å². The summed E-state index contributed by atoms with van der Waals surface area (Å²) in [5.74, 6) is -0.159. The van der Waals surface area contributed by atoms with Crippen molar-refractivity contribution in [2.45, 2.75) is 283 Å². The van der Waals surface area contributed by atoms with E-state index in [-0.39, 0.29) is 19.1 Å². The molecule has 0 aromatic carbocycles. The zero-order valence-electron chi connectivity index (χ0n) is 40.9. The lowest BCUT2D eigenvalue weighted by atomic mass is 10.0. The van der Waals surface area contributed by atoms with Crippen LogP contribution in [0.25, 0.3) is 0 Å². The number of nitrogens with zero attached hydrogens (tertiary/aromatic N) is 1. The molecule has 0 radical (unpaired) electrons. The lowest BCUT2D eigenvalue weighted by Crippen LogP contribution is -2.46. The minimum absolute atomic E-state index is 0.0163. The molecule has 360 valence electrons. The normalized spacial score (nSPS) is 14.1. The molecule has 0 aliphatic carbocycles. The Bertz CT molecular complexity index is 947. The molecule has 60 heavy (non-hydrogen) atoms. The first-order valence-corrected chi connectivity index (χ1v) is 27.8. The summed E-state index contributed by atoms with van der Waals surface area (Å²) < 4.78 is 23.3. The van der Waals surface area contributed by atoms with Crippen molar-refractivity contribution in [3.05, 3.63) is 0 Å². The maximum Gasteiger partial charge on any atom is 0.268 e. The van der Waals surface area contributed by atoms with E-state index in [9.17, 15) is 19.4 Å². The summed E-state index contributed by atoms with van der Waals surface area (Å²) in [6.07, 6.45) is 49.8. The third-order valence-corrected chi connectivity index (χ3v) is 13.3. The molecule has 0 aromatic heterocycles. The fourth-order valence-corrected chi connectivity index (χ4v) is 8.88. The Morgan fingerprint density at radius 2 is 0.817 bits per heavy atom. The first-order chi connectivity index (χ1) is 29.0. The molecular formula is C51H105N2O6P. The highest BCUT2D eigenvalue weighted by atomic mass is 31.2. The first kappa shape index (κ1) is 59.5. The van der Waals surface area contributed by atoms with Crippen molar-refractivity contribution in [3.63, 3.8) is 0 Å². The summed E-state index contributed by atoms with van der Waals surface area (Å²) in [6, 6.07) is -0.793. The molecular weight excluding hydrogens is 768 g/mol. The van der Waals surface area contributed by atoms with Crippen LogP contribution in [-0.2, 0) is 18.4 Å². The van der Waals surface area contributed by atoms with E-state index in [1.807, 2.05) is 21.1 Å². The van der Waals surface area contributed by atoms with Gasteiger partial charge in [-0.05, 0) is 12.8 Å². The fraction of sp³-hybridized carbons (Fsp3) is 0.980. The largest absolute Gasteiger partial charge is 0.756 e. The van der Waals surface area contributed by atoms with Gasteiger partial charge in [0.1, 0.15) is 13.2 Å². The Balaban J connectivity index is 4.09. The van der Waals surface area contributed by atoms with Gasteiger partial charge in [0.25, 0.3) is 7.82 Å². The van der Waals surface area contributed by atoms with E-state index >= 15 is 0 Å². The van der Waals surface area contributed by atoms with E-state index in [2.05, 4.69) is 19.2 Å². The first-order valence-electron chi connectivity index (χ1n) is 26.4. The highest BCUT2D eigenvalue weighted by molar-refractivity contribution is 7.45. The highest BCUT2D eigenvalue weighted by Crippen LogP contribution is 2.38. The van der Waals surface area contributed by atoms with E-state index in [0.29, 0.717) is 23.9 Å². The van der Waals surface area contributed by atoms with Gasteiger partial charge in [0.2, 0.25) is 5.91 Å². The van der Waals surface area contributed by atoms with Gasteiger partial charge in [0.15, 0.2) is 0 Å². The zero-order chi connectivity index (χ0) is 44.3. The Kier molecular flexibility index (Phi) is 43.4. The number of aliphatic hydroxyl groups is 1. The Hall–Kier alpha value is -0.500. The molecule has 1 unspecified atom stereocenters. The number of unbranched alkanes of at least 4 members (excludes halogenated alkanes) is 36. The van der Waals surface area contributed by atoms with Crippen LogP contribution in [0.2, 0.25) is 0 Å². The molecule has 3 atom stereocenters. The van der Waals surface area contributed by atoms with Gasteiger partial charge in [-0.2, -0.15) is 0 Å². The summed E-state index contributed by atoms with van der Waals surface area (Å²) in [7, 11) is 1.32. The summed E-state index contributed by atoms with van der Waals surface area (Å²) in [6.45, 7) is 4.76. The van der Waals surface area contributed by atoms with Crippen LogP contribution in [0.1, 0.15) is 271 Å². The number of nitrogens with one attached hydrogen (secondary N) is 1. The number of amides is 1. The standard InChI is InChI=1S/C51H105N2O6P/c1-6-8-10-12-14-16-18-20-21-22-23-24-25-26-27-28-29-30-31-33-35-37-39-41-43-45-51(55)52-49(48-59-60(56,57)58-47-46-53(3,4)5)50(54)44-42-40-38-36-34-32-19-17-15-13-11-9-7-2/h49-50,54H,6-48H2,1-5H3,(H-,52,55,56,57)/t49-,50+/m0/s1. The van der Waals surface area contributed by atoms with Crippen molar-refractivity contribution in [2.75, 3.05) is 40.9 Å². The van der Waals surface area contributed by atoms with Gasteiger partial charge in [-0.25, -0.2) is 0 Å². The predicted molar refractivity (Wildman–Crippen MR) is 256 cm³/mol. The second-order valence-electron chi connectivity index (χ2n) is 19.6. The molecule has 0 fully saturated rings. The van der Waals surface area contributed by atoms with Crippen molar-refractivity contribution in [1.29, 1.82) is 0 Å². The van der Waals surface area contributed by atoms with E-state index in [0.717, 1.165) is 38.5 Å². The third kappa shape index (κ3) is 45.5. The molecule has 8 nitrogen and oxygen atoms in total. The second kappa shape index (κ2) is 43.7.